The van der Waals surface area contributed by atoms with E-state index < -0.39 is 24.3 Å². The Kier molecular flexibility index (Phi) is 4.32. The molecular formula is C15H18N6O3. The molecule has 9 nitrogen and oxygen atoms in total. The second-order valence-corrected chi connectivity index (χ2v) is 5.63. The zero-order chi connectivity index (χ0) is 17.1. The molecule has 0 radical (unpaired) electrons. The molecule has 0 saturated carbocycles. The second kappa shape index (κ2) is 6.57. The van der Waals surface area contributed by atoms with Crippen LogP contribution in [0.3, 0.4) is 0 Å². The van der Waals surface area contributed by atoms with E-state index in [2.05, 4.69) is 26.5 Å². The number of hydrogen-bond donors (Lipinski definition) is 4. The lowest BCUT2D eigenvalue weighted by Crippen LogP contribution is -2.47. The third-order valence-corrected chi connectivity index (χ3v) is 3.88. The fourth-order valence-corrected chi connectivity index (χ4v) is 2.62. The summed E-state index contributed by atoms with van der Waals surface area (Å²) < 4.78 is 0. The lowest BCUT2D eigenvalue weighted by atomic mass is 10.0. The van der Waals surface area contributed by atoms with Gasteiger partial charge in [-0.25, -0.2) is 15.0 Å². The highest BCUT2D eigenvalue weighted by Gasteiger charge is 2.45. The first-order valence-electron chi connectivity index (χ1n) is 7.56. The first-order chi connectivity index (χ1) is 11.5. The van der Waals surface area contributed by atoms with Crippen LogP contribution in [-0.2, 0) is 4.79 Å². The van der Waals surface area contributed by atoms with E-state index in [1.165, 1.54) is 4.90 Å². The quantitative estimate of drug-likeness (QED) is 0.446. The number of fused-ring (bicyclic) bond motifs is 1. The number of urea groups is 2. The molecule has 1 aromatic rings. The number of carbonyl (C=O) groups excluding carboxylic acids is 3. The molecule has 0 aromatic heterocycles. The molecule has 4 N–H and O–H groups in total. The number of nitrogens with zero attached hydrogens (tertiary/aromatic N) is 2. The van der Waals surface area contributed by atoms with E-state index >= 15 is 0 Å². The minimum absolute atomic E-state index is 0.0456. The highest BCUT2D eigenvalue weighted by atomic mass is 16.2. The van der Waals surface area contributed by atoms with E-state index in [4.69, 9.17) is 0 Å². The average Bonchev–Trinajstić information content (AvgIpc) is 3.05. The molecule has 1 aromatic carbocycles. The van der Waals surface area contributed by atoms with Crippen LogP contribution in [0.5, 0.6) is 0 Å². The summed E-state index contributed by atoms with van der Waals surface area (Å²) in [5.41, 5.74) is 3.48. The maximum Gasteiger partial charge on any atom is 0.321 e. The highest BCUT2D eigenvalue weighted by Crippen LogP contribution is 2.13. The minimum Gasteiger partial charge on any atom is -0.314 e. The van der Waals surface area contributed by atoms with Gasteiger partial charge in [-0.2, -0.15) is 5.10 Å². The Hall–Kier alpha value is -3.10. The number of nitrogens with one attached hydrogen (secondary N) is 4. The minimum atomic E-state index is -0.581. The molecule has 3 rings (SSSR count). The van der Waals surface area contributed by atoms with Crippen LogP contribution < -0.4 is 21.4 Å². The number of hydrazone groups is 1. The van der Waals surface area contributed by atoms with Crippen LogP contribution in [0, 0.1) is 0 Å². The molecule has 2 saturated heterocycles. The molecular weight excluding hydrogens is 312 g/mol. The molecule has 0 bridgehead atoms. The highest BCUT2D eigenvalue weighted by molar-refractivity contribution is 5.89. The van der Waals surface area contributed by atoms with E-state index in [1.54, 1.807) is 6.21 Å². The van der Waals surface area contributed by atoms with Crippen LogP contribution in [0.15, 0.2) is 35.4 Å². The van der Waals surface area contributed by atoms with Gasteiger partial charge < -0.3 is 16.0 Å². The van der Waals surface area contributed by atoms with Crippen LogP contribution >= 0.6 is 0 Å². The SMILES string of the molecule is C[C@H](/C=N\NC(=O)CN1C(=O)N[C@H]2NC(=O)N[C@H]21)c1ccccc1. The van der Waals surface area contributed by atoms with Crippen LogP contribution in [0.2, 0.25) is 0 Å². The fourth-order valence-electron chi connectivity index (χ4n) is 2.62. The van der Waals surface area contributed by atoms with Crippen molar-refractivity contribution in [2.75, 3.05) is 6.54 Å². The van der Waals surface area contributed by atoms with E-state index in [0.717, 1.165) is 5.56 Å². The summed E-state index contributed by atoms with van der Waals surface area (Å²) in [6.45, 7) is 1.76. The molecule has 2 aliphatic rings. The summed E-state index contributed by atoms with van der Waals surface area (Å²) in [5, 5.41) is 11.6. The zero-order valence-electron chi connectivity index (χ0n) is 13.0. The molecule has 9 heteroatoms. The molecule has 2 heterocycles. The Morgan fingerprint density at radius 1 is 1.29 bits per heavy atom. The number of benzene rings is 1. The van der Waals surface area contributed by atoms with Gasteiger partial charge in [-0.15, -0.1) is 0 Å². The Balaban J connectivity index is 1.51. The summed E-state index contributed by atoms with van der Waals surface area (Å²) >= 11 is 0. The largest absolute Gasteiger partial charge is 0.321 e. The van der Waals surface area contributed by atoms with Gasteiger partial charge in [-0.1, -0.05) is 37.3 Å². The van der Waals surface area contributed by atoms with Gasteiger partial charge >= 0.3 is 12.1 Å². The van der Waals surface area contributed by atoms with E-state index in [9.17, 15) is 14.4 Å². The van der Waals surface area contributed by atoms with Crippen molar-refractivity contribution in [3.05, 3.63) is 35.9 Å². The van der Waals surface area contributed by atoms with Gasteiger partial charge in [0.1, 0.15) is 18.9 Å². The van der Waals surface area contributed by atoms with Crippen LogP contribution in [-0.4, -0.2) is 48.0 Å². The standard InChI is InChI=1S/C15H18N6O3/c1-9(10-5-3-2-4-6-10)7-16-20-11(22)8-21-13-12(18-15(21)24)17-14(23)19-13/h2-7,9,12-13H,8H2,1H3,(H,18,24)(H,20,22)(H2,17,19,23)/b16-7-/t9-,12-,13+/m1/s1. The Labute approximate surface area is 138 Å². The van der Waals surface area contributed by atoms with E-state index in [0.29, 0.717) is 0 Å². The zero-order valence-corrected chi connectivity index (χ0v) is 13.0. The third kappa shape index (κ3) is 3.29. The second-order valence-electron chi connectivity index (χ2n) is 5.63. The van der Waals surface area contributed by atoms with Crippen molar-refractivity contribution in [2.45, 2.75) is 25.2 Å². The molecule has 5 amide bonds. The van der Waals surface area contributed by atoms with Crippen LogP contribution in [0.1, 0.15) is 18.4 Å². The topological polar surface area (TPSA) is 115 Å². The predicted molar refractivity (Wildman–Crippen MR) is 86.0 cm³/mol. The van der Waals surface area contributed by atoms with Crippen molar-refractivity contribution in [1.82, 2.24) is 26.3 Å². The van der Waals surface area contributed by atoms with Gasteiger partial charge in [-0.05, 0) is 5.56 Å². The van der Waals surface area contributed by atoms with Crippen LogP contribution in [0.4, 0.5) is 9.59 Å². The molecule has 24 heavy (non-hydrogen) atoms. The maximum atomic E-state index is 12.0. The Morgan fingerprint density at radius 3 is 2.79 bits per heavy atom. The molecule has 2 aliphatic heterocycles. The van der Waals surface area contributed by atoms with Crippen molar-refractivity contribution in [1.29, 1.82) is 0 Å². The van der Waals surface area contributed by atoms with Gasteiger partial charge in [0.15, 0.2) is 0 Å². The van der Waals surface area contributed by atoms with Gasteiger partial charge in [-0.3, -0.25) is 9.69 Å². The van der Waals surface area contributed by atoms with Crippen molar-refractivity contribution in [3.63, 3.8) is 0 Å². The molecule has 126 valence electrons. The maximum absolute atomic E-state index is 12.0. The Morgan fingerprint density at radius 2 is 2.04 bits per heavy atom. The van der Waals surface area contributed by atoms with E-state index in [-0.39, 0.29) is 18.5 Å². The van der Waals surface area contributed by atoms with Crippen molar-refractivity contribution < 1.29 is 14.4 Å². The normalized spacial score (nSPS) is 23.5. The van der Waals surface area contributed by atoms with Crippen molar-refractivity contribution >= 4 is 24.2 Å². The molecule has 3 atom stereocenters. The summed E-state index contributed by atoms with van der Waals surface area (Å²) in [7, 11) is 0. The third-order valence-electron chi connectivity index (χ3n) is 3.88. The van der Waals surface area contributed by atoms with Gasteiger partial charge in [0.05, 0.1) is 0 Å². The molecule has 0 unspecified atom stereocenters. The first kappa shape index (κ1) is 15.8. The lowest BCUT2D eigenvalue weighted by Gasteiger charge is -2.19. The van der Waals surface area contributed by atoms with Crippen LogP contribution in [0.25, 0.3) is 0 Å². The smallest absolute Gasteiger partial charge is 0.314 e. The first-order valence-corrected chi connectivity index (χ1v) is 7.56. The monoisotopic (exact) mass is 330 g/mol. The van der Waals surface area contributed by atoms with Gasteiger partial charge in [0.25, 0.3) is 5.91 Å². The summed E-state index contributed by atoms with van der Waals surface area (Å²) in [5.74, 6) is -0.396. The summed E-state index contributed by atoms with van der Waals surface area (Å²) in [6.07, 6.45) is 0.515. The molecule has 0 spiro atoms. The predicted octanol–water partition coefficient (Wildman–Crippen LogP) is -0.118. The number of rotatable bonds is 5. The van der Waals surface area contributed by atoms with Crippen molar-refractivity contribution in [2.24, 2.45) is 5.10 Å². The van der Waals surface area contributed by atoms with Gasteiger partial charge in [0.2, 0.25) is 0 Å². The van der Waals surface area contributed by atoms with Gasteiger partial charge in [0, 0.05) is 12.1 Å². The number of hydrogen-bond acceptors (Lipinski definition) is 4. The number of amides is 5. The summed E-state index contributed by atoms with van der Waals surface area (Å²) in [6, 6.07) is 8.95. The fraction of sp³-hybridized carbons (Fsp3) is 0.333. The molecule has 2 fully saturated rings. The molecule has 0 aliphatic carbocycles. The lowest BCUT2D eigenvalue weighted by molar-refractivity contribution is -0.121. The van der Waals surface area contributed by atoms with Crippen molar-refractivity contribution in [3.8, 4) is 0 Å². The average molecular weight is 330 g/mol. The van der Waals surface area contributed by atoms with E-state index in [1.807, 2.05) is 37.3 Å². The number of carbonyl (C=O) groups is 3. The summed E-state index contributed by atoms with van der Waals surface area (Å²) in [4.78, 5) is 36.3. The Bertz CT molecular complexity index is 677.